The van der Waals surface area contributed by atoms with Gasteiger partial charge in [-0.05, 0) is 153 Å². The third-order valence-electron chi connectivity index (χ3n) is 17.0. The summed E-state index contributed by atoms with van der Waals surface area (Å²) in [4.78, 5) is 32.1. The maximum Gasteiger partial charge on any atom is 2.00 e. The number of hydrogen-bond donors (Lipinski definition) is 4. The molecule has 4 N–H and O–H groups in total. The molecule has 0 aliphatic carbocycles. The van der Waals surface area contributed by atoms with E-state index in [0.29, 0.717) is 36.8 Å². The van der Waals surface area contributed by atoms with Crippen molar-refractivity contribution in [1.82, 2.24) is 0 Å². The van der Waals surface area contributed by atoms with E-state index in [-0.39, 0.29) is 27.6 Å². The number of phenolic OH excluding ortho intramolecular Hbond substituents is 2. The molecule has 0 spiro atoms. The number of rotatable bonds is 48. The van der Waals surface area contributed by atoms with Crippen molar-refractivity contribution in [2.24, 2.45) is 9.98 Å². The molecule has 0 fully saturated rings. The van der Waals surface area contributed by atoms with Crippen molar-refractivity contribution in [2.45, 2.75) is 318 Å². The van der Waals surface area contributed by atoms with Gasteiger partial charge in [0.1, 0.15) is 11.5 Å². The van der Waals surface area contributed by atoms with Gasteiger partial charge in [0.25, 0.3) is 0 Å². The van der Waals surface area contributed by atoms with Gasteiger partial charge in [0.2, 0.25) is 0 Å². The van der Waals surface area contributed by atoms with Crippen LogP contribution in [0.15, 0.2) is 82.8 Å². The van der Waals surface area contributed by atoms with E-state index in [0.717, 1.165) is 73.2 Å². The van der Waals surface area contributed by atoms with Crippen molar-refractivity contribution in [3.8, 4) is 23.0 Å². The van der Waals surface area contributed by atoms with Gasteiger partial charge >= 0.3 is 28.4 Å². The number of aromatic hydroxyl groups is 2. The Labute approximate surface area is 557 Å². The standard InChI is InChI=1S/C53H88N2.2C13H18O4.Ni/c1-4-7-10-13-14-15-16-17-18-19-20-21-22-23-24-25-26-27-28-29-30-33-36-39-53(55-52-46-42-50(43-47-52)38-35-32-12-9-6-3)48-54-51-44-40-49(41-45-51)37-34-31-11-8-5-2;2*1-3-5-6-9-8(4-2)7-10(14)12(15)11(9)13(16)17;/h36,39-48H,4-35,37-38H2,1-3H3;2*7,14-15H,3-6H2,1-2H3,(H,16,17);/q;;;+2/p-2. The van der Waals surface area contributed by atoms with E-state index in [1.165, 1.54) is 222 Å². The van der Waals surface area contributed by atoms with E-state index in [9.17, 15) is 30.0 Å². The topological polar surface area (TPSA) is 186 Å². The summed E-state index contributed by atoms with van der Waals surface area (Å²) in [5.41, 5.74) is 7.87. The van der Waals surface area contributed by atoms with Gasteiger partial charge in [-0.15, -0.1) is 0 Å². The summed E-state index contributed by atoms with van der Waals surface area (Å²) < 4.78 is 0. The maximum atomic E-state index is 11.6. The number of unbranched alkanes of at least 4 members (excludes halogenated alkanes) is 31. The molecule has 10 nitrogen and oxygen atoms in total. The Morgan fingerprint density at radius 3 is 1.04 bits per heavy atom. The van der Waals surface area contributed by atoms with E-state index in [1.54, 1.807) is 0 Å². The van der Waals surface area contributed by atoms with E-state index in [2.05, 4.69) is 81.5 Å². The van der Waals surface area contributed by atoms with Crippen LogP contribution in [0, 0.1) is 0 Å². The second-order valence-electron chi connectivity index (χ2n) is 24.7. The van der Waals surface area contributed by atoms with Crippen LogP contribution in [-0.2, 0) is 55.0 Å². The zero-order chi connectivity index (χ0) is 65.1. The molecule has 0 atom stereocenters. The van der Waals surface area contributed by atoms with E-state index < -0.39 is 34.9 Å². The molecule has 11 heteroatoms. The number of nitrogens with zero attached hydrogens (tertiary/aromatic N) is 2. The van der Waals surface area contributed by atoms with Crippen LogP contribution in [0.1, 0.15) is 334 Å². The number of phenols is 2. The fraction of sp³-hybridized carbons (Fsp3) is 0.620. The molecular formula is C79H122N2NiO8. The van der Waals surface area contributed by atoms with Gasteiger partial charge in [0, 0.05) is 0 Å². The smallest absolute Gasteiger partial charge is 0.869 e. The Hall–Kier alpha value is -5.41. The summed E-state index contributed by atoms with van der Waals surface area (Å²) in [5, 5.41) is 60.3. The number of carbonyl (C=O) groups is 2. The quantitative estimate of drug-likeness (QED) is 0.0191. The maximum absolute atomic E-state index is 11.6. The summed E-state index contributed by atoms with van der Waals surface area (Å²) in [6.07, 6.45) is 59.0. The van der Waals surface area contributed by atoms with Crippen LogP contribution in [0.25, 0.3) is 0 Å². The largest absolute Gasteiger partial charge is 2.00 e. The van der Waals surface area contributed by atoms with Crippen molar-refractivity contribution in [1.29, 1.82) is 0 Å². The minimum atomic E-state index is -1.26. The van der Waals surface area contributed by atoms with E-state index in [4.69, 9.17) is 20.2 Å². The first-order chi connectivity index (χ1) is 43.3. The molecule has 0 aliphatic rings. The van der Waals surface area contributed by atoms with Gasteiger partial charge < -0.3 is 30.6 Å². The van der Waals surface area contributed by atoms with Crippen LogP contribution < -0.4 is 10.2 Å². The zero-order valence-corrected chi connectivity index (χ0v) is 58.3. The number of hydrogen-bond acceptors (Lipinski definition) is 8. The number of aliphatic imine (C=N–C) groups is 2. The molecular weight excluding hydrogens is 1160 g/mol. The van der Waals surface area contributed by atoms with Crippen LogP contribution in [0.2, 0.25) is 0 Å². The van der Waals surface area contributed by atoms with Gasteiger partial charge in [-0.3, -0.25) is 4.99 Å². The Morgan fingerprint density at radius 2 is 0.722 bits per heavy atom. The Kier molecular flexibility index (Phi) is 49.7. The molecule has 4 aromatic carbocycles. The Morgan fingerprint density at radius 1 is 0.411 bits per heavy atom. The molecule has 506 valence electrons. The first-order valence-electron chi connectivity index (χ1n) is 35.8. The summed E-state index contributed by atoms with van der Waals surface area (Å²) in [7, 11) is 0. The Bertz CT molecular complexity index is 2490. The number of benzene rings is 4. The van der Waals surface area contributed by atoms with Crippen LogP contribution in [0.3, 0.4) is 0 Å². The van der Waals surface area contributed by atoms with Gasteiger partial charge in [-0.1, -0.05) is 283 Å². The summed E-state index contributed by atoms with van der Waals surface area (Å²) in [6.45, 7) is 14.6. The molecule has 0 radical (unpaired) electrons. The molecule has 4 aromatic rings. The first-order valence-corrected chi connectivity index (χ1v) is 35.8. The SMILES string of the molecule is CCCCCCCCCCCCCCCCCCCCCCCC=CC(C=Nc1ccc(CCCCCCC)cc1)=Nc1ccc(CCCCCCC)cc1.CCCCc1c(CC)cc(O)c([O-])c1C(=O)O.CCCCc1c(CC)cc(O)c([O-])c1C(=O)O.[Ni+2]. The number of aromatic carboxylic acids is 2. The Balaban J connectivity index is 0.000000930. The fourth-order valence-corrected chi connectivity index (χ4v) is 11.5. The fourth-order valence-electron chi connectivity index (χ4n) is 11.5. The minimum Gasteiger partial charge on any atom is -0.869 e. The molecule has 0 aromatic heterocycles. The van der Waals surface area contributed by atoms with Crippen LogP contribution in [0.5, 0.6) is 23.0 Å². The van der Waals surface area contributed by atoms with Gasteiger partial charge in [-0.25, -0.2) is 14.6 Å². The number of allylic oxidation sites excluding steroid dienone is 2. The second-order valence-corrected chi connectivity index (χ2v) is 24.7. The molecule has 0 amide bonds. The monoisotopic (exact) mass is 1280 g/mol. The van der Waals surface area contributed by atoms with Crippen molar-refractivity contribution in [2.75, 3.05) is 0 Å². The molecule has 0 saturated heterocycles. The molecule has 0 unspecified atom stereocenters. The minimum absolute atomic E-state index is 0. The van der Waals surface area contributed by atoms with Crippen molar-refractivity contribution < 1.29 is 56.7 Å². The molecule has 0 bridgehead atoms. The summed E-state index contributed by atoms with van der Waals surface area (Å²) in [5.74, 6) is -5.01. The van der Waals surface area contributed by atoms with Crippen LogP contribution in [-0.4, -0.2) is 44.3 Å². The van der Waals surface area contributed by atoms with Gasteiger partial charge in [0.05, 0.1) is 34.4 Å². The summed E-state index contributed by atoms with van der Waals surface area (Å²) in [6, 6.07) is 20.5. The molecule has 4 rings (SSSR count). The average Bonchev–Trinajstić information content (AvgIpc) is 0.922. The number of carboxylic acid groups (broad SMARTS) is 2. The van der Waals surface area contributed by atoms with Crippen molar-refractivity contribution in [3.63, 3.8) is 0 Å². The summed E-state index contributed by atoms with van der Waals surface area (Å²) >= 11 is 0. The van der Waals surface area contributed by atoms with Gasteiger partial charge in [0.15, 0.2) is 0 Å². The predicted molar refractivity (Wildman–Crippen MR) is 374 cm³/mol. The van der Waals surface area contributed by atoms with Crippen molar-refractivity contribution in [3.05, 3.63) is 117 Å². The molecule has 0 saturated carbocycles. The second kappa shape index (κ2) is 54.2. The molecule has 0 aliphatic heterocycles. The number of aryl methyl sites for hydroxylation is 4. The molecule has 90 heavy (non-hydrogen) atoms. The first kappa shape index (κ1) is 82.6. The predicted octanol–water partition coefficient (Wildman–Crippen LogP) is 22.5. The third-order valence-corrected chi connectivity index (χ3v) is 17.0. The van der Waals surface area contributed by atoms with Crippen LogP contribution in [0.4, 0.5) is 11.4 Å². The third kappa shape index (κ3) is 36.6. The van der Waals surface area contributed by atoms with E-state index >= 15 is 0 Å². The van der Waals surface area contributed by atoms with Crippen molar-refractivity contribution >= 4 is 35.2 Å². The van der Waals surface area contributed by atoms with E-state index in [1.807, 2.05) is 33.9 Å². The van der Waals surface area contributed by atoms with Gasteiger partial charge in [-0.2, -0.15) is 0 Å². The normalized spacial score (nSPS) is 11.4. The number of carboxylic acids is 2. The average molecular weight is 1290 g/mol. The van der Waals surface area contributed by atoms with Crippen LogP contribution >= 0.6 is 0 Å². The zero-order valence-electron chi connectivity index (χ0n) is 57.3. The molecule has 0 heterocycles.